The molecule has 2 aliphatic rings. The normalized spacial score (nSPS) is 34.8. The first-order valence-corrected chi connectivity index (χ1v) is 6.00. The first kappa shape index (κ1) is 10.5. The van der Waals surface area contributed by atoms with E-state index in [-0.39, 0.29) is 0 Å². The van der Waals surface area contributed by atoms with E-state index in [2.05, 4.69) is 11.8 Å². The van der Waals surface area contributed by atoms with E-state index < -0.39 is 5.97 Å². The third-order valence-corrected chi connectivity index (χ3v) is 3.92. The summed E-state index contributed by atoms with van der Waals surface area (Å²) >= 11 is 0. The molecule has 1 N–H and O–H groups in total. The molecule has 2 saturated carbocycles. The number of aliphatic carboxylic acids is 1. The van der Waals surface area contributed by atoms with Crippen molar-refractivity contribution in [2.75, 3.05) is 0 Å². The summed E-state index contributed by atoms with van der Waals surface area (Å²) < 4.78 is 0. The molecule has 0 aromatic carbocycles. The van der Waals surface area contributed by atoms with Crippen molar-refractivity contribution in [2.45, 2.75) is 44.9 Å². The van der Waals surface area contributed by atoms with Crippen molar-refractivity contribution in [3.63, 3.8) is 0 Å². The van der Waals surface area contributed by atoms with Crippen molar-refractivity contribution in [1.82, 2.24) is 0 Å². The lowest BCUT2D eigenvalue weighted by molar-refractivity contribution is -0.130. The molecule has 2 rings (SSSR count). The molecule has 2 aliphatic carbocycles. The first-order chi connectivity index (χ1) is 7.25. The molecule has 2 heteroatoms. The zero-order valence-electron chi connectivity index (χ0n) is 9.04. The van der Waals surface area contributed by atoms with E-state index in [1.54, 1.807) is 0 Å². The molecule has 0 aromatic heterocycles. The lowest BCUT2D eigenvalue weighted by Gasteiger charge is -2.37. The first-order valence-electron chi connectivity index (χ1n) is 6.00. The van der Waals surface area contributed by atoms with Gasteiger partial charge in [-0.15, -0.1) is 0 Å². The van der Waals surface area contributed by atoms with Gasteiger partial charge in [0.05, 0.1) is 0 Å². The molecule has 2 nitrogen and oxygen atoms in total. The molecule has 0 spiro atoms. The van der Waals surface area contributed by atoms with Crippen LogP contribution in [0.4, 0.5) is 0 Å². The fraction of sp³-hybridized carbons (Fsp3) is 0.769. The largest absolute Gasteiger partial charge is 0.472 e. The number of fused-ring (bicyclic) bond motifs is 1. The highest BCUT2D eigenvalue weighted by atomic mass is 16.4. The van der Waals surface area contributed by atoms with Crippen LogP contribution in [0.15, 0.2) is 0 Å². The molecule has 3 unspecified atom stereocenters. The summed E-state index contributed by atoms with van der Waals surface area (Å²) in [6.45, 7) is 0. The Morgan fingerprint density at radius 3 is 2.53 bits per heavy atom. The third kappa shape index (κ3) is 2.75. The van der Waals surface area contributed by atoms with Gasteiger partial charge in [0.1, 0.15) is 0 Å². The van der Waals surface area contributed by atoms with Gasteiger partial charge in [-0.1, -0.05) is 31.6 Å². The van der Waals surface area contributed by atoms with Crippen molar-refractivity contribution < 1.29 is 9.90 Å². The predicted octanol–water partition coefficient (Wildman–Crippen LogP) is 2.68. The molecule has 0 aromatic rings. The summed E-state index contributed by atoms with van der Waals surface area (Å²) in [7, 11) is 0. The van der Waals surface area contributed by atoms with Crippen LogP contribution in [0.2, 0.25) is 0 Å². The van der Waals surface area contributed by atoms with E-state index in [9.17, 15) is 4.79 Å². The van der Waals surface area contributed by atoms with Crippen LogP contribution in [-0.4, -0.2) is 11.1 Å². The molecule has 3 atom stereocenters. The fourth-order valence-electron chi connectivity index (χ4n) is 3.17. The quantitative estimate of drug-likeness (QED) is 0.619. The average molecular weight is 206 g/mol. The second-order valence-electron chi connectivity index (χ2n) is 4.89. The lowest BCUT2D eigenvalue weighted by Crippen LogP contribution is -2.27. The molecule has 0 amide bonds. The average Bonchev–Trinajstić information content (AvgIpc) is 2.26. The van der Waals surface area contributed by atoms with Crippen LogP contribution in [0.1, 0.15) is 44.9 Å². The molecule has 15 heavy (non-hydrogen) atoms. The Morgan fingerprint density at radius 2 is 1.80 bits per heavy atom. The van der Waals surface area contributed by atoms with Crippen molar-refractivity contribution in [3.8, 4) is 11.8 Å². The van der Waals surface area contributed by atoms with Gasteiger partial charge in [-0.3, -0.25) is 0 Å². The molecular weight excluding hydrogens is 188 g/mol. The maximum Gasteiger partial charge on any atom is 0.381 e. The molecule has 0 aliphatic heterocycles. The number of rotatable bonds is 0. The molecule has 0 radical (unpaired) electrons. The van der Waals surface area contributed by atoms with E-state index in [1.165, 1.54) is 32.1 Å². The highest BCUT2D eigenvalue weighted by Crippen LogP contribution is 2.42. The van der Waals surface area contributed by atoms with Crippen molar-refractivity contribution in [2.24, 2.45) is 17.8 Å². The van der Waals surface area contributed by atoms with Crippen molar-refractivity contribution in [1.29, 1.82) is 0 Å². The minimum Gasteiger partial charge on any atom is -0.472 e. The van der Waals surface area contributed by atoms with Crippen LogP contribution >= 0.6 is 0 Å². The van der Waals surface area contributed by atoms with Crippen LogP contribution in [0.5, 0.6) is 0 Å². The molecule has 82 valence electrons. The molecule has 0 bridgehead atoms. The van der Waals surface area contributed by atoms with Gasteiger partial charge in [0, 0.05) is 11.8 Å². The smallest absolute Gasteiger partial charge is 0.381 e. The lowest BCUT2D eigenvalue weighted by atomic mass is 9.68. The zero-order chi connectivity index (χ0) is 10.7. The van der Waals surface area contributed by atoms with Crippen molar-refractivity contribution in [3.05, 3.63) is 0 Å². The van der Waals surface area contributed by atoms with Gasteiger partial charge in [-0.05, 0) is 31.1 Å². The van der Waals surface area contributed by atoms with E-state index in [1.807, 2.05) is 0 Å². The standard InChI is InChI=1S/C13H18O2/c14-13(15)8-6-10-5-7-11-3-1-2-4-12(11)9-10/h10-12H,1-5,7,9H2,(H,14,15). The van der Waals surface area contributed by atoms with Gasteiger partial charge in [-0.2, -0.15) is 0 Å². The Bertz CT molecular complexity index is 297. The Hall–Kier alpha value is -0.970. The Labute approximate surface area is 91.1 Å². The summed E-state index contributed by atoms with van der Waals surface area (Å²) in [5.74, 6) is 6.30. The summed E-state index contributed by atoms with van der Waals surface area (Å²) in [5, 5.41) is 8.50. The summed E-state index contributed by atoms with van der Waals surface area (Å²) in [6, 6.07) is 0. The van der Waals surface area contributed by atoms with Gasteiger partial charge in [0.2, 0.25) is 0 Å². The number of hydrogen-bond donors (Lipinski definition) is 1. The summed E-state index contributed by atoms with van der Waals surface area (Å²) in [4.78, 5) is 10.4. The monoisotopic (exact) mass is 206 g/mol. The van der Waals surface area contributed by atoms with Crippen molar-refractivity contribution >= 4 is 5.97 Å². The zero-order valence-corrected chi connectivity index (χ0v) is 9.04. The number of carboxylic acids is 1. The van der Waals surface area contributed by atoms with E-state index in [0.717, 1.165) is 24.7 Å². The second-order valence-corrected chi connectivity index (χ2v) is 4.89. The summed E-state index contributed by atoms with van der Waals surface area (Å²) in [5.41, 5.74) is 0. The Morgan fingerprint density at radius 1 is 1.07 bits per heavy atom. The number of carboxylic acid groups (broad SMARTS) is 1. The van der Waals surface area contributed by atoms with E-state index in [4.69, 9.17) is 5.11 Å². The van der Waals surface area contributed by atoms with Crippen LogP contribution in [0.25, 0.3) is 0 Å². The Balaban J connectivity index is 1.91. The molecule has 0 saturated heterocycles. The number of hydrogen-bond acceptors (Lipinski definition) is 1. The van der Waals surface area contributed by atoms with Crippen LogP contribution < -0.4 is 0 Å². The summed E-state index contributed by atoms with van der Waals surface area (Å²) in [6.07, 6.45) is 9.02. The minimum atomic E-state index is -0.985. The van der Waals surface area contributed by atoms with Crippen LogP contribution in [0, 0.1) is 29.6 Å². The highest BCUT2D eigenvalue weighted by Gasteiger charge is 2.31. The predicted molar refractivity (Wildman–Crippen MR) is 58.2 cm³/mol. The van der Waals surface area contributed by atoms with Gasteiger partial charge in [0.15, 0.2) is 0 Å². The van der Waals surface area contributed by atoms with Crippen LogP contribution in [0.3, 0.4) is 0 Å². The van der Waals surface area contributed by atoms with Gasteiger partial charge in [-0.25, -0.2) is 4.79 Å². The van der Waals surface area contributed by atoms with E-state index >= 15 is 0 Å². The maximum atomic E-state index is 10.4. The highest BCUT2D eigenvalue weighted by molar-refractivity contribution is 5.86. The van der Waals surface area contributed by atoms with E-state index in [0.29, 0.717) is 5.92 Å². The second kappa shape index (κ2) is 4.70. The maximum absolute atomic E-state index is 10.4. The van der Waals surface area contributed by atoms with Gasteiger partial charge < -0.3 is 5.11 Å². The topological polar surface area (TPSA) is 37.3 Å². The minimum absolute atomic E-state index is 0.348. The fourth-order valence-corrected chi connectivity index (χ4v) is 3.17. The number of carbonyl (C=O) groups is 1. The Kier molecular flexibility index (Phi) is 3.30. The van der Waals surface area contributed by atoms with Crippen LogP contribution in [-0.2, 0) is 4.79 Å². The molecule has 0 heterocycles. The van der Waals surface area contributed by atoms with Gasteiger partial charge >= 0.3 is 5.97 Å². The third-order valence-electron chi connectivity index (χ3n) is 3.92. The van der Waals surface area contributed by atoms with Gasteiger partial charge in [0.25, 0.3) is 0 Å². The SMILES string of the molecule is O=C(O)C#CC1CCC2CCCCC2C1. The molecular formula is C13H18O2. The molecule has 2 fully saturated rings.